The molecule has 1 heterocycles. The Morgan fingerprint density at radius 1 is 1.69 bits per heavy atom. The van der Waals surface area contributed by atoms with Crippen molar-refractivity contribution in [3.8, 4) is 11.8 Å². The number of nitriles is 1. The summed E-state index contributed by atoms with van der Waals surface area (Å²) >= 11 is 0. The van der Waals surface area contributed by atoms with Gasteiger partial charge in [-0.25, -0.2) is 8.78 Å². The fourth-order valence-electron chi connectivity index (χ4n) is 1.10. The van der Waals surface area contributed by atoms with E-state index in [2.05, 4.69) is 9.72 Å². The van der Waals surface area contributed by atoms with Crippen LogP contribution in [0, 0.1) is 21.4 Å². The predicted molar refractivity (Wildman–Crippen MR) is 47.1 cm³/mol. The normalized spacial score (nSPS) is 9.94. The fourth-order valence-corrected chi connectivity index (χ4v) is 1.10. The molecule has 6 nitrogen and oxygen atoms in total. The standard InChI is InChI=1S/C8H5F2N3O3/c1-16-6-4(2-11)5(7(9)10)3-12-8(6)13(14)15/h3,7H,1H3. The lowest BCUT2D eigenvalue weighted by Gasteiger charge is -2.06. The first-order valence-electron chi connectivity index (χ1n) is 3.92. The van der Waals surface area contributed by atoms with Crippen molar-refractivity contribution in [1.29, 1.82) is 5.26 Å². The monoisotopic (exact) mass is 229 g/mol. The van der Waals surface area contributed by atoms with E-state index in [4.69, 9.17) is 5.26 Å². The van der Waals surface area contributed by atoms with Crippen LogP contribution in [0.5, 0.6) is 5.75 Å². The Bertz CT molecular complexity index is 470. The lowest BCUT2D eigenvalue weighted by atomic mass is 10.1. The van der Waals surface area contributed by atoms with Crippen molar-refractivity contribution in [3.05, 3.63) is 27.4 Å². The van der Waals surface area contributed by atoms with E-state index in [1.54, 1.807) is 0 Å². The zero-order chi connectivity index (χ0) is 12.3. The third kappa shape index (κ3) is 1.88. The topological polar surface area (TPSA) is 89.1 Å². The Labute approximate surface area is 88.2 Å². The first-order valence-corrected chi connectivity index (χ1v) is 3.92. The second-order valence-electron chi connectivity index (χ2n) is 2.62. The Balaban J connectivity index is 3.54. The number of alkyl halides is 2. The number of rotatable bonds is 3. The number of pyridine rings is 1. The number of nitro groups is 1. The molecular formula is C8H5F2N3O3. The molecule has 0 aromatic carbocycles. The van der Waals surface area contributed by atoms with Crippen LogP contribution in [0.2, 0.25) is 0 Å². The molecule has 1 aromatic rings. The maximum absolute atomic E-state index is 12.4. The molecule has 0 amide bonds. The summed E-state index contributed by atoms with van der Waals surface area (Å²) in [5.41, 5.74) is -1.26. The van der Waals surface area contributed by atoms with Crippen molar-refractivity contribution in [2.24, 2.45) is 0 Å². The minimum absolute atomic E-state index is 0.551. The van der Waals surface area contributed by atoms with Crippen molar-refractivity contribution < 1.29 is 18.4 Å². The Kier molecular flexibility index (Phi) is 3.30. The van der Waals surface area contributed by atoms with Crippen LogP contribution in [0.1, 0.15) is 17.6 Å². The van der Waals surface area contributed by atoms with Crippen LogP contribution >= 0.6 is 0 Å². The zero-order valence-electron chi connectivity index (χ0n) is 7.98. The average Bonchev–Trinajstić information content (AvgIpc) is 2.26. The molecule has 0 radical (unpaired) electrons. The summed E-state index contributed by atoms with van der Waals surface area (Å²) in [5, 5.41) is 19.2. The van der Waals surface area contributed by atoms with Crippen LogP contribution in [0.3, 0.4) is 0 Å². The van der Waals surface area contributed by atoms with Crippen LogP contribution < -0.4 is 4.74 Å². The number of hydrogen-bond donors (Lipinski definition) is 0. The molecule has 1 aromatic heterocycles. The summed E-state index contributed by atoms with van der Waals surface area (Å²) in [7, 11) is 1.04. The maximum atomic E-state index is 12.4. The molecule has 16 heavy (non-hydrogen) atoms. The first-order chi connectivity index (χ1) is 7.52. The van der Waals surface area contributed by atoms with Gasteiger partial charge in [-0.05, 0) is 9.91 Å². The van der Waals surface area contributed by atoms with Gasteiger partial charge < -0.3 is 14.9 Å². The van der Waals surface area contributed by atoms with E-state index in [0.29, 0.717) is 6.20 Å². The highest BCUT2D eigenvalue weighted by atomic mass is 19.3. The average molecular weight is 229 g/mol. The molecule has 0 bridgehead atoms. The molecule has 0 N–H and O–H groups in total. The SMILES string of the molecule is COc1c([N+](=O)[O-])ncc(C(F)F)c1C#N. The van der Waals surface area contributed by atoms with Crippen LogP contribution in [-0.4, -0.2) is 17.0 Å². The molecule has 0 fully saturated rings. The van der Waals surface area contributed by atoms with Gasteiger partial charge >= 0.3 is 5.82 Å². The maximum Gasteiger partial charge on any atom is 0.407 e. The highest BCUT2D eigenvalue weighted by molar-refractivity contribution is 5.56. The molecule has 0 atom stereocenters. The van der Waals surface area contributed by atoms with E-state index in [9.17, 15) is 18.9 Å². The van der Waals surface area contributed by atoms with Crippen molar-refractivity contribution >= 4 is 5.82 Å². The summed E-state index contributed by atoms with van der Waals surface area (Å²) in [6, 6.07) is 1.44. The molecule has 1 rings (SSSR count). The molecule has 0 spiro atoms. The summed E-state index contributed by atoms with van der Waals surface area (Å²) in [4.78, 5) is 12.8. The number of halogens is 2. The summed E-state index contributed by atoms with van der Waals surface area (Å²) in [6.45, 7) is 0. The lowest BCUT2D eigenvalue weighted by Crippen LogP contribution is -2.03. The summed E-state index contributed by atoms with van der Waals surface area (Å²) < 4.78 is 29.5. The van der Waals surface area contributed by atoms with Gasteiger partial charge in [-0.2, -0.15) is 5.26 Å². The number of hydrogen-bond acceptors (Lipinski definition) is 5. The van der Waals surface area contributed by atoms with Gasteiger partial charge in [0, 0.05) is 0 Å². The van der Waals surface area contributed by atoms with Gasteiger partial charge in [0.2, 0.25) is 5.75 Å². The van der Waals surface area contributed by atoms with Gasteiger partial charge in [0.25, 0.3) is 6.43 Å². The smallest absolute Gasteiger partial charge is 0.407 e. The van der Waals surface area contributed by atoms with Crippen molar-refractivity contribution in [1.82, 2.24) is 4.98 Å². The molecule has 0 saturated carbocycles. The minimum Gasteiger partial charge on any atom is -0.488 e. The van der Waals surface area contributed by atoms with Crippen molar-refractivity contribution in [2.75, 3.05) is 7.11 Å². The Morgan fingerprint density at radius 3 is 2.69 bits per heavy atom. The van der Waals surface area contributed by atoms with Crippen LogP contribution in [-0.2, 0) is 0 Å². The number of aromatic nitrogens is 1. The molecule has 0 saturated heterocycles. The molecule has 0 unspecified atom stereocenters. The van der Waals surface area contributed by atoms with Gasteiger partial charge in [-0.15, -0.1) is 0 Å². The predicted octanol–water partition coefficient (Wildman–Crippen LogP) is 1.81. The Morgan fingerprint density at radius 2 is 2.31 bits per heavy atom. The van der Waals surface area contributed by atoms with Crippen LogP contribution in [0.4, 0.5) is 14.6 Å². The molecule has 0 aliphatic heterocycles. The largest absolute Gasteiger partial charge is 0.488 e. The second-order valence-corrected chi connectivity index (χ2v) is 2.62. The van der Waals surface area contributed by atoms with E-state index in [1.807, 2.05) is 0 Å². The molecular weight excluding hydrogens is 224 g/mol. The van der Waals surface area contributed by atoms with E-state index in [1.165, 1.54) is 6.07 Å². The van der Waals surface area contributed by atoms with Crippen molar-refractivity contribution in [2.45, 2.75) is 6.43 Å². The van der Waals surface area contributed by atoms with Gasteiger partial charge in [0.1, 0.15) is 11.6 Å². The van der Waals surface area contributed by atoms with E-state index >= 15 is 0 Å². The fraction of sp³-hybridized carbons (Fsp3) is 0.250. The molecule has 8 heteroatoms. The van der Waals surface area contributed by atoms with Gasteiger partial charge in [-0.3, -0.25) is 0 Å². The minimum atomic E-state index is -2.95. The third-order valence-corrected chi connectivity index (χ3v) is 1.77. The zero-order valence-corrected chi connectivity index (χ0v) is 7.98. The van der Waals surface area contributed by atoms with Crippen LogP contribution in [0.25, 0.3) is 0 Å². The van der Waals surface area contributed by atoms with Gasteiger partial charge in [-0.1, -0.05) is 0 Å². The number of ether oxygens (including phenoxy) is 1. The summed E-state index contributed by atoms with van der Waals surface area (Å²) in [6.07, 6.45) is -2.35. The van der Waals surface area contributed by atoms with Gasteiger partial charge in [0.15, 0.2) is 6.20 Å². The molecule has 0 aliphatic rings. The first kappa shape index (κ1) is 11.8. The third-order valence-electron chi connectivity index (χ3n) is 1.77. The van der Waals surface area contributed by atoms with Crippen LogP contribution in [0.15, 0.2) is 6.20 Å². The second kappa shape index (κ2) is 4.48. The van der Waals surface area contributed by atoms with Gasteiger partial charge in [0.05, 0.1) is 12.7 Å². The van der Waals surface area contributed by atoms with Crippen molar-refractivity contribution in [3.63, 3.8) is 0 Å². The molecule has 0 aliphatic carbocycles. The number of methoxy groups -OCH3 is 1. The molecule has 84 valence electrons. The Hall–Kier alpha value is -2.30. The number of nitrogens with zero attached hydrogens (tertiary/aromatic N) is 3. The quantitative estimate of drug-likeness (QED) is 0.582. The van der Waals surface area contributed by atoms with E-state index < -0.39 is 34.0 Å². The van der Waals surface area contributed by atoms with E-state index in [0.717, 1.165) is 7.11 Å². The highest BCUT2D eigenvalue weighted by Gasteiger charge is 2.27. The summed E-state index contributed by atoms with van der Waals surface area (Å²) in [5.74, 6) is -1.31. The lowest BCUT2D eigenvalue weighted by molar-refractivity contribution is -0.390. The highest BCUT2D eigenvalue weighted by Crippen LogP contribution is 2.34. The van der Waals surface area contributed by atoms with E-state index in [-0.39, 0.29) is 0 Å².